The van der Waals surface area contributed by atoms with E-state index < -0.39 is 17.7 Å². The maximum absolute atomic E-state index is 12.6. The number of carbonyl (C=O) groups is 1. The molecule has 0 bridgehead atoms. The number of nitrogens with zero attached hydrogens (tertiary/aromatic N) is 1. The molecule has 0 saturated heterocycles. The van der Waals surface area contributed by atoms with Crippen LogP contribution in [0.1, 0.15) is 34.0 Å². The highest BCUT2D eigenvalue weighted by Crippen LogP contribution is 2.32. The lowest BCUT2D eigenvalue weighted by Gasteiger charge is -2.12. The van der Waals surface area contributed by atoms with Gasteiger partial charge in [0.15, 0.2) is 0 Å². The minimum Gasteiger partial charge on any atom is -0.462 e. The van der Waals surface area contributed by atoms with Crippen LogP contribution in [0.25, 0.3) is 0 Å². The van der Waals surface area contributed by atoms with E-state index >= 15 is 0 Å². The van der Waals surface area contributed by atoms with Gasteiger partial charge in [-0.05, 0) is 31.5 Å². The number of esters is 1. The van der Waals surface area contributed by atoms with E-state index in [4.69, 9.17) is 5.26 Å². The fourth-order valence-electron chi connectivity index (χ4n) is 1.47. The molecule has 0 aromatic heterocycles. The van der Waals surface area contributed by atoms with Crippen molar-refractivity contribution < 1.29 is 22.7 Å². The standard InChI is InChI=1S/C12H10F3NO2/c1-3-18-11(17)9-5-8(12(13,14)15)4-7(2)10(9)6-16/h4-5H,3H2,1-2H3. The number of nitriles is 1. The number of carbonyl (C=O) groups excluding carboxylic acids is 1. The molecule has 18 heavy (non-hydrogen) atoms. The summed E-state index contributed by atoms with van der Waals surface area (Å²) >= 11 is 0. The van der Waals surface area contributed by atoms with Crippen molar-refractivity contribution in [2.24, 2.45) is 0 Å². The quantitative estimate of drug-likeness (QED) is 0.765. The highest BCUT2D eigenvalue weighted by molar-refractivity contribution is 5.93. The number of hydrogen-bond acceptors (Lipinski definition) is 3. The van der Waals surface area contributed by atoms with Gasteiger partial charge in [0.2, 0.25) is 0 Å². The first-order chi connectivity index (χ1) is 8.31. The van der Waals surface area contributed by atoms with E-state index in [2.05, 4.69) is 4.74 Å². The Morgan fingerprint density at radius 2 is 2.06 bits per heavy atom. The van der Waals surface area contributed by atoms with E-state index in [0.717, 1.165) is 6.07 Å². The second-order valence-electron chi connectivity index (χ2n) is 3.55. The van der Waals surface area contributed by atoms with Gasteiger partial charge in [-0.15, -0.1) is 0 Å². The summed E-state index contributed by atoms with van der Waals surface area (Å²) < 4.78 is 42.4. The molecule has 0 aliphatic carbocycles. The molecule has 0 amide bonds. The van der Waals surface area contributed by atoms with Crippen LogP contribution < -0.4 is 0 Å². The smallest absolute Gasteiger partial charge is 0.416 e. The average molecular weight is 257 g/mol. The van der Waals surface area contributed by atoms with Crippen LogP contribution >= 0.6 is 0 Å². The van der Waals surface area contributed by atoms with Crippen LogP contribution in [0.15, 0.2) is 12.1 Å². The molecular formula is C12H10F3NO2. The molecule has 0 heterocycles. The van der Waals surface area contributed by atoms with Gasteiger partial charge in [0.1, 0.15) is 6.07 Å². The molecule has 0 N–H and O–H groups in total. The average Bonchev–Trinajstić information content (AvgIpc) is 2.27. The summed E-state index contributed by atoms with van der Waals surface area (Å²) in [5.74, 6) is -0.928. The van der Waals surface area contributed by atoms with Crippen molar-refractivity contribution in [2.75, 3.05) is 6.61 Å². The summed E-state index contributed by atoms with van der Waals surface area (Å²) in [5.41, 5.74) is -1.33. The van der Waals surface area contributed by atoms with Crippen molar-refractivity contribution in [1.29, 1.82) is 5.26 Å². The zero-order chi connectivity index (χ0) is 13.9. The number of alkyl halides is 3. The highest BCUT2D eigenvalue weighted by atomic mass is 19.4. The van der Waals surface area contributed by atoms with E-state index in [-0.39, 0.29) is 23.3 Å². The lowest BCUT2D eigenvalue weighted by atomic mass is 9.99. The summed E-state index contributed by atoms with van der Waals surface area (Å²) in [5, 5.41) is 8.87. The van der Waals surface area contributed by atoms with Gasteiger partial charge in [-0.3, -0.25) is 0 Å². The van der Waals surface area contributed by atoms with Crippen LogP contribution in [0.3, 0.4) is 0 Å². The van der Waals surface area contributed by atoms with Gasteiger partial charge in [0.25, 0.3) is 0 Å². The topological polar surface area (TPSA) is 50.1 Å². The summed E-state index contributed by atoms with van der Waals surface area (Å²) in [6.45, 7) is 2.90. The third kappa shape index (κ3) is 2.80. The molecule has 0 aliphatic rings. The molecule has 0 aliphatic heterocycles. The normalized spacial score (nSPS) is 10.9. The SMILES string of the molecule is CCOC(=O)c1cc(C(F)(F)F)cc(C)c1C#N. The first-order valence-corrected chi connectivity index (χ1v) is 5.10. The molecule has 0 fully saturated rings. The molecule has 0 spiro atoms. The van der Waals surface area contributed by atoms with Gasteiger partial charge in [0.05, 0.1) is 23.3 Å². The summed E-state index contributed by atoms with van der Waals surface area (Å²) in [7, 11) is 0. The van der Waals surface area contributed by atoms with Crippen LogP contribution in [0.2, 0.25) is 0 Å². The predicted molar refractivity (Wildman–Crippen MR) is 56.9 cm³/mol. The number of benzene rings is 1. The lowest BCUT2D eigenvalue weighted by molar-refractivity contribution is -0.137. The third-order valence-electron chi connectivity index (χ3n) is 2.27. The molecule has 1 rings (SSSR count). The van der Waals surface area contributed by atoms with Crippen LogP contribution in [0.4, 0.5) is 13.2 Å². The Hall–Kier alpha value is -2.03. The maximum atomic E-state index is 12.6. The fraction of sp³-hybridized carbons (Fsp3) is 0.333. The summed E-state index contributed by atoms with van der Waals surface area (Å²) in [6, 6.07) is 3.19. The number of halogens is 3. The monoisotopic (exact) mass is 257 g/mol. The van der Waals surface area contributed by atoms with Crippen LogP contribution in [-0.4, -0.2) is 12.6 Å². The van der Waals surface area contributed by atoms with E-state index in [1.54, 1.807) is 6.07 Å². The fourth-order valence-corrected chi connectivity index (χ4v) is 1.47. The zero-order valence-corrected chi connectivity index (χ0v) is 9.76. The van der Waals surface area contributed by atoms with E-state index in [1.165, 1.54) is 13.8 Å². The molecule has 6 heteroatoms. The molecular weight excluding hydrogens is 247 g/mol. The molecule has 1 aromatic rings. The molecule has 0 unspecified atom stereocenters. The van der Waals surface area contributed by atoms with Gasteiger partial charge in [-0.25, -0.2) is 4.79 Å². The number of rotatable bonds is 2. The van der Waals surface area contributed by atoms with Crippen molar-refractivity contribution in [3.63, 3.8) is 0 Å². The highest BCUT2D eigenvalue weighted by Gasteiger charge is 2.32. The van der Waals surface area contributed by atoms with Gasteiger partial charge < -0.3 is 4.74 Å². The number of ether oxygens (including phenoxy) is 1. The van der Waals surface area contributed by atoms with E-state index in [0.29, 0.717) is 6.07 Å². The summed E-state index contributed by atoms with van der Waals surface area (Å²) in [4.78, 5) is 11.5. The van der Waals surface area contributed by atoms with Crippen molar-refractivity contribution in [3.8, 4) is 6.07 Å². The minimum absolute atomic E-state index is 0.0268. The van der Waals surface area contributed by atoms with Crippen LogP contribution in [-0.2, 0) is 10.9 Å². The first-order valence-electron chi connectivity index (χ1n) is 5.10. The van der Waals surface area contributed by atoms with Gasteiger partial charge >= 0.3 is 12.1 Å². The van der Waals surface area contributed by atoms with E-state index in [1.807, 2.05) is 0 Å². The molecule has 0 atom stereocenters. The second-order valence-corrected chi connectivity index (χ2v) is 3.55. The van der Waals surface area contributed by atoms with E-state index in [9.17, 15) is 18.0 Å². The Morgan fingerprint density at radius 1 is 1.44 bits per heavy atom. The second kappa shape index (κ2) is 5.08. The Kier molecular flexibility index (Phi) is 3.96. The Bertz CT molecular complexity index is 515. The van der Waals surface area contributed by atoms with Crippen molar-refractivity contribution >= 4 is 5.97 Å². The zero-order valence-electron chi connectivity index (χ0n) is 9.76. The maximum Gasteiger partial charge on any atom is 0.416 e. The largest absolute Gasteiger partial charge is 0.462 e. The predicted octanol–water partition coefficient (Wildman–Crippen LogP) is 3.06. The van der Waals surface area contributed by atoms with Crippen molar-refractivity contribution in [3.05, 3.63) is 34.4 Å². The number of hydrogen-bond donors (Lipinski definition) is 0. The van der Waals surface area contributed by atoms with Crippen molar-refractivity contribution in [1.82, 2.24) is 0 Å². The number of aryl methyl sites for hydroxylation is 1. The molecule has 3 nitrogen and oxygen atoms in total. The molecule has 0 radical (unpaired) electrons. The molecule has 1 aromatic carbocycles. The molecule has 96 valence electrons. The third-order valence-corrected chi connectivity index (χ3v) is 2.27. The van der Waals surface area contributed by atoms with Gasteiger partial charge in [0, 0.05) is 0 Å². The van der Waals surface area contributed by atoms with Crippen molar-refractivity contribution in [2.45, 2.75) is 20.0 Å². The van der Waals surface area contributed by atoms with Crippen LogP contribution in [0, 0.1) is 18.3 Å². The summed E-state index contributed by atoms with van der Waals surface area (Å²) in [6.07, 6.45) is -4.57. The minimum atomic E-state index is -4.57. The lowest BCUT2D eigenvalue weighted by Crippen LogP contribution is -2.12. The van der Waals surface area contributed by atoms with Gasteiger partial charge in [-0.2, -0.15) is 18.4 Å². The molecule has 0 saturated carbocycles. The Balaban J connectivity index is 3.43. The van der Waals surface area contributed by atoms with Crippen LogP contribution in [0.5, 0.6) is 0 Å². The van der Waals surface area contributed by atoms with Gasteiger partial charge in [-0.1, -0.05) is 0 Å². The Labute approximate surface area is 102 Å². The first kappa shape index (κ1) is 14.0. The Morgan fingerprint density at radius 3 is 2.50 bits per heavy atom.